The Morgan fingerprint density at radius 2 is 2.12 bits per heavy atom. The lowest BCUT2D eigenvalue weighted by atomic mass is 10.1. The van der Waals surface area contributed by atoms with E-state index in [1.807, 2.05) is 0 Å². The molecule has 3 aromatic rings. The van der Waals surface area contributed by atoms with E-state index >= 15 is 0 Å². The van der Waals surface area contributed by atoms with Gasteiger partial charge in [-0.3, -0.25) is 4.79 Å². The molecule has 0 unspecified atom stereocenters. The number of nitrogens with zero attached hydrogens (tertiary/aromatic N) is 5. The van der Waals surface area contributed by atoms with E-state index in [-0.39, 0.29) is 11.8 Å². The van der Waals surface area contributed by atoms with Crippen LogP contribution < -0.4 is 5.36 Å². The summed E-state index contributed by atoms with van der Waals surface area (Å²) >= 11 is 5.99. The first-order chi connectivity index (χ1) is 11.5. The summed E-state index contributed by atoms with van der Waals surface area (Å²) in [5, 5.41) is 26.5. The number of carbonyl (C=O) groups is 1. The number of fused-ring (bicyclic) bond motifs is 2. The summed E-state index contributed by atoms with van der Waals surface area (Å²) < 4.78 is 1.54. The average molecular weight is 348 g/mol. The number of aromatic nitrogens is 4. The van der Waals surface area contributed by atoms with Crippen molar-refractivity contribution in [1.82, 2.24) is 19.7 Å². The van der Waals surface area contributed by atoms with E-state index in [0.29, 0.717) is 45.8 Å². The van der Waals surface area contributed by atoms with E-state index in [9.17, 15) is 10.0 Å². The minimum Gasteiger partial charge on any atom is -0.481 e. The van der Waals surface area contributed by atoms with Crippen molar-refractivity contribution in [3.8, 4) is 0 Å². The van der Waals surface area contributed by atoms with Crippen LogP contribution in [-0.2, 0) is 18.3 Å². The highest BCUT2D eigenvalue weighted by Crippen LogP contribution is 2.18. The lowest BCUT2D eigenvalue weighted by Crippen LogP contribution is -2.21. The highest BCUT2D eigenvalue weighted by atomic mass is 35.5. The van der Waals surface area contributed by atoms with Gasteiger partial charge in [0, 0.05) is 18.5 Å². The number of carboxylic acids is 1. The van der Waals surface area contributed by atoms with Crippen molar-refractivity contribution in [3.05, 3.63) is 34.3 Å². The molecular formula is C15H14ClN5O3. The number of benzene rings is 1. The predicted octanol–water partition coefficient (Wildman–Crippen LogP) is 1.87. The van der Waals surface area contributed by atoms with Gasteiger partial charge in [-0.15, -0.1) is 0 Å². The van der Waals surface area contributed by atoms with Gasteiger partial charge in [-0.05, 0) is 31.0 Å². The van der Waals surface area contributed by atoms with Crippen LogP contribution in [0.4, 0.5) is 0 Å². The molecule has 8 nitrogen and oxygen atoms in total. The molecule has 0 aliphatic rings. The maximum atomic E-state index is 10.7. The van der Waals surface area contributed by atoms with Gasteiger partial charge in [0.25, 0.3) is 0 Å². The molecule has 0 atom stereocenters. The molecule has 124 valence electrons. The number of rotatable bonds is 4. The zero-order chi connectivity index (χ0) is 17.3. The van der Waals surface area contributed by atoms with Gasteiger partial charge in [0.05, 0.1) is 16.7 Å². The molecule has 0 saturated carbocycles. The Morgan fingerprint density at radius 1 is 1.33 bits per heavy atom. The first-order valence-electron chi connectivity index (χ1n) is 7.22. The van der Waals surface area contributed by atoms with Crippen LogP contribution in [0.2, 0.25) is 5.02 Å². The topological polar surface area (TPSA) is 113 Å². The molecule has 2 N–H and O–H groups in total. The lowest BCUT2D eigenvalue weighted by molar-refractivity contribution is -0.137. The van der Waals surface area contributed by atoms with Crippen LogP contribution in [0.15, 0.2) is 23.4 Å². The summed E-state index contributed by atoms with van der Waals surface area (Å²) in [5.74, 6) is -0.886. The zero-order valence-corrected chi connectivity index (χ0v) is 13.5. The number of aryl methyl sites for hydroxylation is 2. The summed E-state index contributed by atoms with van der Waals surface area (Å²) in [4.78, 5) is 19.7. The molecule has 0 spiro atoms. The Hall–Kier alpha value is -2.74. The SMILES string of the molecule is Cn1nc(CCCC(=O)O)/c(=N\O)c2nc3cc(Cl)ccc3nc21. The van der Waals surface area contributed by atoms with E-state index in [2.05, 4.69) is 20.2 Å². The number of hydrogen-bond acceptors (Lipinski definition) is 6. The summed E-state index contributed by atoms with van der Waals surface area (Å²) in [7, 11) is 1.71. The van der Waals surface area contributed by atoms with E-state index < -0.39 is 5.97 Å². The van der Waals surface area contributed by atoms with E-state index in [4.69, 9.17) is 16.7 Å². The second kappa shape index (κ2) is 6.40. The Labute approximate surface area is 141 Å². The van der Waals surface area contributed by atoms with Crippen LogP contribution in [0.3, 0.4) is 0 Å². The first kappa shape index (κ1) is 16.1. The van der Waals surface area contributed by atoms with Gasteiger partial charge in [0.2, 0.25) is 0 Å². The van der Waals surface area contributed by atoms with Crippen molar-refractivity contribution in [3.63, 3.8) is 0 Å². The van der Waals surface area contributed by atoms with Crippen LogP contribution >= 0.6 is 11.6 Å². The number of carboxylic acid groups (broad SMARTS) is 1. The summed E-state index contributed by atoms with van der Waals surface area (Å²) in [5.41, 5.74) is 2.52. The normalized spacial score (nSPS) is 12.2. The quantitative estimate of drug-likeness (QED) is 0.423. The number of aliphatic carboxylic acids is 1. The van der Waals surface area contributed by atoms with Gasteiger partial charge in [-0.25, -0.2) is 14.6 Å². The van der Waals surface area contributed by atoms with Crippen LogP contribution in [0.5, 0.6) is 0 Å². The Morgan fingerprint density at radius 3 is 2.83 bits per heavy atom. The van der Waals surface area contributed by atoms with E-state index in [0.717, 1.165) is 0 Å². The molecule has 0 bridgehead atoms. The fraction of sp³-hybridized carbons (Fsp3) is 0.267. The molecule has 0 amide bonds. The molecule has 0 radical (unpaired) electrons. The highest BCUT2D eigenvalue weighted by Gasteiger charge is 2.13. The molecule has 0 aliphatic heterocycles. The Kier molecular flexibility index (Phi) is 4.30. The van der Waals surface area contributed by atoms with Gasteiger partial charge < -0.3 is 10.3 Å². The molecule has 9 heteroatoms. The molecule has 0 fully saturated rings. The van der Waals surface area contributed by atoms with Crippen LogP contribution in [-0.4, -0.2) is 36.0 Å². The van der Waals surface area contributed by atoms with Crippen molar-refractivity contribution in [2.45, 2.75) is 19.3 Å². The van der Waals surface area contributed by atoms with Crippen molar-refractivity contribution in [1.29, 1.82) is 0 Å². The molecule has 3 rings (SSSR count). The monoisotopic (exact) mass is 347 g/mol. The predicted molar refractivity (Wildman–Crippen MR) is 86.7 cm³/mol. The van der Waals surface area contributed by atoms with Gasteiger partial charge in [0.15, 0.2) is 11.0 Å². The van der Waals surface area contributed by atoms with Crippen LogP contribution in [0.25, 0.3) is 22.2 Å². The maximum Gasteiger partial charge on any atom is 0.303 e. The van der Waals surface area contributed by atoms with Gasteiger partial charge in [-0.1, -0.05) is 16.8 Å². The average Bonchev–Trinajstić information content (AvgIpc) is 2.53. The summed E-state index contributed by atoms with van der Waals surface area (Å²) in [6.07, 6.45) is 0.737. The van der Waals surface area contributed by atoms with E-state index in [1.165, 1.54) is 0 Å². The summed E-state index contributed by atoms with van der Waals surface area (Å²) in [6, 6.07) is 5.14. The molecule has 0 saturated heterocycles. The summed E-state index contributed by atoms with van der Waals surface area (Å²) in [6.45, 7) is 0. The Bertz CT molecular complexity index is 1020. The molecule has 0 aliphatic carbocycles. The standard InChI is InChI=1S/C15H14ClN5O3/c1-21-15-14(17-11-7-8(16)5-6-9(11)18-15)13(20-24)10(19-21)3-2-4-12(22)23/h5-7,24H,2-4H2,1H3,(H,22,23)/b20-13+. The molecular weight excluding hydrogens is 334 g/mol. The molecule has 1 aromatic carbocycles. The molecule has 2 heterocycles. The smallest absolute Gasteiger partial charge is 0.303 e. The van der Waals surface area contributed by atoms with Crippen molar-refractivity contribution in [2.75, 3.05) is 0 Å². The number of halogens is 1. The van der Waals surface area contributed by atoms with Gasteiger partial charge >= 0.3 is 5.97 Å². The molecule has 2 aromatic heterocycles. The lowest BCUT2D eigenvalue weighted by Gasteiger charge is -2.09. The Balaban J connectivity index is 2.21. The maximum absolute atomic E-state index is 10.7. The fourth-order valence-electron chi connectivity index (χ4n) is 2.50. The third-order valence-corrected chi connectivity index (χ3v) is 3.82. The third kappa shape index (κ3) is 3.00. The first-order valence-corrected chi connectivity index (χ1v) is 7.60. The number of hydrogen-bond donors (Lipinski definition) is 2. The zero-order valence-electron chi connectivity index (χ0n) is 12.8. The molecule has 24 heavy (non-hydrogen) atoms. The van der Waals surface area contributed by atoms with Crippen LogP contribution in [0.1, 0.15) is 18.5 Å². The van der Waals surface area contributed by atoms with Crippen molar-refractivity contribution < 1.29 is 15.1 Å². The highest BCUT2D eigenvalue weighted by molar-refractivity contribution is 6.31. The van der Waals surface area contributed by atoms with Crippen molar-refractivity contribution >= 4 is 39.8 Å². The van der Waals surface area contributed by atoms with Crippen LogP contribution in [0, 0.1) is 0 Å². The minimum atomic E-state index is -0.886. The van der Waals surface area contributed by atoms with Crippen molar-refractivity contribution in [2.24, 2.45) is 12.2 Å². The van der Waals surface area contributed by atoms with E-state index in [1.54, 1.807) is 29.9 Å². The third-order valence-electron chi connectivity index (χ3n) is 3.59. The minimum absolute atomic E-state index is 0.00725. The van der Waals surface area contributed by atoms with Gasteiger partial charge in [-0.2, -0.15) is 5.10 Å². The van der Waals surface area contributed by atoms with Gasteiger partial charge in [0.1, 0.15) is 5.52 Å². The largest absolute Gasteiger partial charge is 0.481 e. The second-order valence-electron chi connectivity index (χ2n) is 5.30. The fourth-order valence-corrected chi connectivity index (χ4v) is 2.66. The second-order valence-corrected chi connectivity index (χ2v) is 5.73.